The lowest BCUT2D eigenvalue weighted by atomic mass is 10.3. The Morgan fingerprint density at radius 1 is 1.31 bits per heavy atom. The van der Waals surface area contributed by atoms with Crippen LogP contribution in [0.5, 0.6) is 0 Å². The highest BCUT2D eigenvalue weighted by Gasteiger charge is 2.09. The Morgan fingerprint density at radius 2 is 1.94 bits per heavy atom. The third-order valence-corrected chi connectivity index (χ3v) is 3.11. The Kier molecular flexibility index (Phi) is 5.35. The molecule has 1 aromatic carbocycles. The third-order valence-electron chi connectivity index (χ3n) is 1.78. The summed E-state index contributed by atoms with van der Waals surface area (Å²) in [5.41, 5.74) is 0. The van der Waals surface area contributed by atoms with Crippen molar-refractivity contribution in [2.24, 2.45) is 0 Å². The topological polar surface area (TPSA) is 43.4 Å². The molecule has 0 aromatic heterocycles. The first-order valence-electron chi connectivity index (χ1n) is 4.58. The number of halogens is 1. The van der Waals surface area contributed by atoms with Crippen LogP contribution in [0.2, 0.25) is 5.02 Å². The van der Waals surface area contributed by atoms with E-state index in [-0.39, 0.29) is 18.0 Å². The van der Waals surface area contributed by atoms with Gasteiger partial charge in [-0.15, -0.1) is 11.8 Å². The van der Waals surface area contributed by atoms with Crippen molar-refractivity contribution in [2.45, 2.75) is 11.3 Å². The standard InChI is InChI=1S/C11H11ClO3S/c1-15-11(14)6-9(13)7-16-10-4-2-8(12)3-5-10/h2-5H,6-7H2,1H3. The highest BCUT2D eigenvalue weighted by Crippen LogP contribution is 2.20. The summed E-state index contributed by atoms with van der Waals surface area (Å²) in [5, 5.41) is 0.658. The van der Waals surface area contributed by atoms with Gasteiger partial charge in [0.25, 0.3) is 0 Å². The van der Waals surface area contributed by atoms with Crippen LogP contribution in [0.15, 0.2) is 29.2 Å². The average molecular weight is 259 g/mol. The minimum atomic E-state index is -0.498. The lowest BCUT2D eigenvalue weighted by Gasteiger charge is -2.01. The maximum Gasteiger partial charge on any atom is 0.313 e. The van der Waals surface area contributed by atoms with Crippen molar-refractivity contribution < 1.29 is 14.3 Å². The molecule has 0 aliphatic carbocycles. The molecule has 0 aliphatic heterocycles. The smallest absolute Gasteiger partial charge is 0.313 e. The number of hydrogen-bond acceptors (Lipinski definition) is 4. The van der Waals surface area contributed by atoms with E-state index in [0.717, 1.165) is 4.90 Å². The van der Waals surface area contributed by atoms with Crippen LogP contribution in [0.4, 0.5) is 0 Å². The number of methoxy groups -OCH3 is 1. The van der Waals surface area contributed by atoms with E-state index in [1.165, 1.54) is 18.9 Å². The van der Waals surface area contributed by atoms with E-state index in [9.17, 15) is 9.59 Å². The zero-order valence-electron chi connectivity index (χ0n) is 8.73. The number of carbonyl (C=O) groups excluding carboxylic acids is 2. The first-order chi connectivity index (χ1) is 7.61. The van der Waals surface area contributed by atoms with Crippen LogP contribution in [0.3, 0.4) is 0 Å². The van der Waals surface area contributed by atoms with Gasteiger partial charge in [0.05, 0.1) is 12.9 Å². The van der Waals surface area contributed by atoms with Crippen LogP contribution < -0.4 is 0 Å². The fourth-order valence-corrected chi connectivity index (χ4v) is 1.86. The highest BCUT2D eigenvalue weighted by atomic mass is 35.5. The predicted molar refractivity (Wildman–Crippen MR) is 63.8 cm³/mol. The number of carbonyl (C=O) groups is 2. The lowest BCUT2D eigenvalue weighted by molar-refractivity contribution is -0.142. The molecule has 0 aliphatic rings. The predicted octanol–water partition coefficient (Wildman–Crippen LogP) is 2.56. The van der Waals surface area contributed by atoms with Crippen molar-refractivity contribution in [2.75, 3.05) is 12.9 Å². The maximum absolute atomic E-state index is 11.3. The van der Waals surface area contributed by atoms with Crippen molar-refractivity contribution in [3.8, 4) is 0 Å². The second-order valence-corrected chi connectivity index (χ2v) is 4.52. The van der Waals surface area contributed by atoms with Crippen LogP contribution in [-0.4, -0.2) is 24.6 Å². The number of benzene rings is 1. The summed E-state index contributed by atoms with van der Waals surface area (Å²) in [6.07, 6.45) is -0.170. The quantitative estimate of drug-likeness (QED) is 0.463. The van der Waals surface area contributed by atoms with E-state index in [2.05, 4.69) is 4.74 Å². The van der Waals surface area contributed by atoms with Gasteiger partial charge in [-0.05, 0) is 24.3 Å². The molecule has 0 amide bonds. The molecule has 86 valence electrons. The number of Topliss-reactive ketones (excluding diaryl/α,β-unsaturated/α-hetero) is 1. The molecule has 0 unspecified atom stereocenters. The fraction of sp³-hybridized carbons (Fsp3) is 0.273. The van der Waals surface area contributed by atoms with Crippen LogP contribution in [-0.2, 0) is 14.3 Å². The van der Waals surface area contributed by atoms with E-state index in [0.29, 0.717) is 5.02 Å². The molecule has 1 rings (SSSR count). The zero-order valence-corrected chi connectivity index (χ0v) is 10.3. The van der Waals surface area contributed by atoms with Crippen molar-refractivity contribution in [1.82, 2.24) is 0 Å². The monoisotopic (exact) mass is 258 g/mol. The molecule has 5 heteroatoms. The van der Waals surface area contributed by atoms with Gasteiger partial charge < -0.3 is 4.74 Å². The number of hydrogen-bond donors (Lipinski definition) is 0. The summed E-state index contributed by atoms with van der Waals surface area (Å²) in [5.74, 6) is -0.384. The maximum atomic E-state index is 11.3. The molecule has 3 nitrogen and oxygen atoms in total. The molecule has 0 fully saturated rings. The van der Waals surface area contributed by atoms with Gasteiger partial charge in [0, 0.05) is 9.92 Å². The summed E-state index contributed by atoms with van der Waals surface area (Å²) >= 11 is 7.10. The minimum absolute atomic E-state index is 0.146. The van der Waals surface area contributed by atoms with Crippen LogP contribution in [0.25, 0.3) is 0 Å². The Hall–Kier alpha value is -1.00. The average Bonchev–Trinajstić information content (AvgIpc) is 2.28. The van der Waals surface area contributed by atoms with Crippen LogP contribution in [0, 0.1) is 0 Å². The van der Waals surface area contributed by atoms with Crippen LogP contribution in [0.1, 0.15) is 6.42 Å². The second kappa shape index (κ2) is 6.55. The summed E-state index contributed by atoms with van der Waals surface area (Å²) < 4.78 is 4.40. The van der Waals surface area contributed by atoms with Crippen molar-refractivity contribution in [1.29, 1.82) is 0 Å². The number of ether oxygens (including phenoxy) is 1. The molecule has 1 aromatic rings. The molecule has 0 bridgehead atoms. The molecule has 0 N–H and O–H groups in total. The first kappa shape index (κ1) is 13.1. The molecule has 0 spiro atoms. The van der Waals surface area contributed by atoms with E-state index in [4.69, 9.17) is 11.6 Å². The van der Waals surface area contributed by atoms with Gasteiger partial charge in [-0.25, -0.2) is 0 Å². The molecular weight excluding hydrogens is 248 g/mol. The largest absolute Gasteiger partial charge is 0.469 e. The zero-order chi connectivity index (χ0) is 12.0. The van der Waals surface area contributed by atoms with Crippen LogP contribution >= 0.6 is 23.4 Å². The molecule has 16 heavy (non-hydrogen) atoms. The van der Waals surface area contributed by atoms with Crippen molar-refractivity contribution >= 4 is 35.1 Å². The van der Waals surface area contributed by atoms with E-state index < -0.39 is 5.97 Å². The highest BCUT2D eigenvalue weighted by molar-refractivity contribution is 8.00. The van der Waals surface area contributed by atoms with E-state index in [1.807, 2.05) is 12.1 Å². The summed E-state index contributed by atoms with van der Waals surface area (Å²) in [4.78, 5) is 23.1. The number of rotatable bonds is 5. The summed E-state index contributed by atoms with van der Waals surface area (Å²) in [7, 11) is 1.27. The number of esters is 1. The second-order valence-electron chi connectivity index (χ2n) is 3.03. The Bertz CT molecular complexity index is 375. The Morgan fingerprint density at radius 3 is 2.50 bits per heavy atom. The molecule has 0 heterocycles. The Balaban J connectivity index is 2.37. The fourth-order valence-electron chi connectivity index (χ4n) is 0.979. The van der Waals surface area contributed by atoms with E-state index in [1.54, 1.807) is 12.1 Å². The van der Waals surface area contributed by atoms with Crippen molar-refractivity contribution in [3.05, 3.63) is 29.3 Å². The lowest BCUT2D eigenvalue weighted by Crippen LogP contribution is -2.10. The molecule has 0 atom stereocenters. The normalized spacial score (nSPS) is 9.88. The van der Waals surface area contributed by atoms with E-state index >= 15 is 0 Å². The van der Waals surface area contributed by atoms with Gasteiger partial charge >= 0.3 is 5.97 Å². The van der Waals surface area contributed by atoms with Gasteiger partial charge in [0.1, 0.15) is 6.42 Å². The number of thioether (sulfide) groups is 1. The van der Waals surface area contributed by atoms with Gasteiger partial charge in [-0.1, -0.05) is 11.6 Å². The van der Waals surface area contributed by atoms with Gasteiger partial charge in [-0.3, -0.25) is 9.59 Å². The van der Waals surface area contributed by atoms with Crippen molar-refractivity contribution in [3.63, 3.8) is 0 Å². The van der Waals surface area contributed by atoms with Gasteiger partial charge in [0.15, 0.2) is 5.78 Å². The summed E-state index contributed by atoms with van der Waals surface area (Å²) in [6, 6.07) is 7.18. The minimum Gasteiger partial charge on any atom is -0.469 e. The third kappa shape index (κ3) is 4.68. The summed E-state index contributed by atoms with van der Waals surface area (Å²) in [6.45, 7) is 0. The molecule has 0 saturated carbocycles. The molecule has 0 saturated heterocycles. The molecule has 0 radical (unpaired) electrons. The Labute approximate surface area is 103 Å². The first-order valence-corrected chi connectivity index (χ1v) is 5.95. The van der Waals surface area contributed by atoms with Gasteiger partial charge in [0.2, 0.25) is 0 Å². The number of ketones is 1. The SMILES string of the molecule is COC(=O)CC(=O)CSc1ccc(Cl)cc1. The van der Waals surface area contributed by atoms with Gasteiger partial charge in [-0.2, -0.15) is 0 Å². The molecular formula is C11H11ClO3S.